The van der Waals surface area contributed by atoms with Gasteiger partial charge in [-0.3, -0.25) is 9.59 Å². The Morgan fingerprint density at radius 1 is 1.11 bits per heavy atom. The highest BCUT2D eigenvalue weighted by molar-refractivity contribution is 5.89. The molecule has 1 unspecified atom stereocenters. The summed E-state index contributed by atoms with van der Waals surface area (Å²) >= 11 is 0. The molecular formula is C28H48N4O3. The third-order valence-electron chi connectivity index (χ3n) is 8.00. The molecule has 0 saturated carbocycles. The molecule has 7 heteroatoms. The van der Waals surface area contributed by atoms with Gasteiger partial charge < -0.3 is 19.1 Å². The molecule has 0 bridgehead atoms. The highest BCUT2D eigenvalue weighted by atomic mass is 16.5. The first-order valence-corrected chi connectivity index (χ1v) is 13.8. The van der Waals surface area contributed by atoms with Crippen LogP contribution in [0.2, 0.25) is 0 Å². The van der Waals surface area contributed by atoms with Crippen molar-refractivity contribution >= 4 is 11.8 Å². The van der Waals surface area contributed by atoms with Crippen LogP contribution in [-0.2, 0) is 27.8 Å². The highest BCUT2D eigenvalue weighted by Gasteiger charge is 2.42. The van der Waals surface area contributed by atoms with Gasteiger partial charge in [-0.05, 0) is 62.2 Å². The number of aryl methyl sites for hydroxylation is 1. The maximum atomic E-state index is 13.8. The SMILES string of the molecule is COCCC1CCN([C@@H](CC(C)C)C(=O)N2CCC(Cc3nccn3C)CC2)C(=O)[C@@H]1CC(C)C. The summed E-state index contributed by atoms with van der Waals surface area (Å²) in [4.78, 5) is 36.1. The summed E-state index contributed by atoms with van der Waals surface area (Å²) in [6, 6.07) is -0.341. The van der Waals surface area contributed by atoms with E-state index in [0.29, 0.717) is 36.8 Å². The van der Waals surface area contributed by atoms with Crippen molar-refractivity contribution in [1.29, 1.82) is 0 Å². The van der Waals surface area contributed by atoms with E-state index in [0.717, 1.165) is 63.9 Å². The Morgan fingerprint density at radius 3 is 2.40 bits per heavy atom. The van der Waals surface area contributed by atoms with Crippen LogP contribution < -0.4 is 0 Å². The standard InChI is InChI=1S/C28H48N4O3/c1-20(2)17-24-23(10-16-35-6)9-14-32(27(24)33)25(18-21(3)4)28(34)31-12-7-22(8-13-31)19-26-29-11-15-30(26)5/h11,15,20-25H,7-10,12-14,16-19H2,1-6H3/t23?,24-,25+/m1/s1. The van der Waals surface area contributed by atoms with Crippen molar-refractivity contribution in [1.82, 2.24) is 19.4 Å². The second-order valence-corrected chi connectivity index (χ2v) is 11.7. The molecule has 35 heavy (non-hydrogen) atoms. The predicted molar refractivity (Wildman–Crippen MR) is 139 cm³/mol. The monoisotopic (exact) mass is 488 g/mol. The largest absolute Gasteiger partial charge is 0.385 e. The van der Waals surface area contributed by atoms with Gasteiger partial charge in [0.15, 0.2) is 0 Å². The Labute approximate surface area is 212 Å². The third kappa shape index (κ3) is 7.31. The Bertz CT molecular complexity index is 813. The van der Waals surface area contributed by atoms with Gasteiger partial charge in [-0.25, -0.2) is 4.98 Å². The zero-order valence-electron chi connectivity index (χ0n) is 22.9. The molecule has 198 valence electrons. The second kappa shape index (κ2) is 12.9. The van der Waals surface area contributed by atoms with Crippen LogP contribution in [0.3, 0.4) is 0 Å². The minimum atomic E-state index is -0.341. The third-order valence-corrected chi connectivity index (χ3v) is 8.00. The van der Waals surface area contributed by atoms with Crippen LogP contribution in [0.25, 0.3) is 0 Å². The first-order valence-electron chi connectivity index (χ1n) is 13.8. The fourth-order valence-corrected chi connectivity index (χ4v) is 5.98. The van der Waals surface area contributed by atoms with Crippen LogP contribution >= 0.6 is 0 Å². The highest BCUT2D eigenvalue weighted by Crippen LogP contribution is 2.35. The van der Waals surface area contributed by atoms with Crippen molar-refractivity contribution < 1.29 is 14.3 Å². The van der Waals surface area contributed by atoms with Crippen molar-refractivity contribution in [3.8, 4) is 0 Å². The van der Waals surface area contributed by atoms with Gasteiger partial charge in [0.1, 0.15) is 11.9 Å². The lowest BCUT2D eigenvalue weighted by molar-refractivity contribution is -0.154. The zero-order valence-corrected chi connectivity index (χ0v) is 22.9. The van der Waals surface area contributed by atoms with Crippen LogP contribution in [0.1, 0.15) is 72.0 Å². The van der Waals surface area contributed by atoms with Gasteiger partial charge >= 0.3 is 0 Å². The molecule has 2 saturated heterocycles. The molecule has 0 N–H and O–H groups in total. The first-order chi connectivity index (χ1) is 16.7. The quantitative estimate of drug-likeness (QED) is 0.469. The molecule has 0 aromatic carbocycles. The average molecular weight is 489 g/mol. The van der Waals surface area contributed by atoms with Crippen LogP contribution in [-0.4, -0.2) is 70.6 Å². The number of hydrogen-bond acceptors (Lipinski definition) is 4. The predicted octanol–water partition coefficient (Wildman–Crippen LogP) is 4.16. The molecule has 2 aliphatic heterocycles. The number of rotatable bonds is 11. The Kier molecular flexibility index (Phi) is 10.2. The van der Waals surface area contributed by atoms with Crippen molar-refractivity contribution in [2.75, 3.05) is 33.4 Å². The fraction of sp³-hybridized carbons (Fsp3) is 0.821. The molecule has 3 heterocycles. The molecular weight excluding hydrogens is 440 g/mol. The summed E-state index contributed by atoms with van der Waals surface area (Å²) in [7, 11) is 3.77. The average Bonchev–Trinajstić information content (AvgIpc) is 3.22. The summed E-state index contributed by atoms with van der Waals surface area (Å²) in [5.41, 5.74) is 0. The van der Waals surface area contributed by atoms with E-state index in [1.807, 2.05) is 29.2 Å². The van der Waals surface area contributed by atoms with E-state index < -0.39 is 0 Å². The van der Waals surface area contributed by atoms with E-state index in [1.165, 1.54) is 0 Å². The number of nitrogens with zero attached hydrogens (tertiary/aromatic N) is 4. The number of carbonyl (C=O) groups excluding carboxylic acids is 2. The van der Waals surface area contributed by atoms with Gasteiger partial charge in [-0.2, -0.15) is 0 Å². The summed E-state index contributed by atoms with van der Waals surface area (Å²) in [6.07, 6.45) is 10.3. The molecule has 0 aliphatic carbocycles. The number of amides is 2. The molecule has 3 rings (SSSR count). The molecule has 0 radical (unpaired) electrons. The van der Waals surface area contributed by atoms with E-state index in [2.05, 4.69) is 37.2 Å². The number of ether oxygens (including phenoxy) is 1. The second-order valence-electron chi connectivity index (χ2n) is 11.7. The number of methoxy groups -OCH3 is 1. The van der Waals surface area contributed by atoms with Crippen LogP contribution in [0.5, 0.6) is 0 Å². The zero-order chi connectivity index (χ0) is 25.5. The summed E-state index contributed by atoms with van der Waals surface area (Å²) in [5, 5.41) is 0. The molecule has 1 aromatic rings. The van der Waals surface area contributed by atoms with Gasteiger partial charge in [0, 0.05) is 65.1 Å². The smallest absolute Gasteiger partial charge is 0.245 e. The normalized spacial score (nSPS) is 22.9. The lowest BCUT2D eigenvalue weighted by Crippen LogP contribution is -2.57. The minimum absolute atomic E-state index is 0.00937. The van der Waals surface area contributed by atoms with Crippen molar-refractivity contribution in [3.63, 3.8) is 0 Å². The van der Waals surface area contributed by atoms with Crippen LogP contribution in [0.4, 0.5) is 0 Å². The molecule has 1 aromatic heterocycles. The summed E-state index contributed by atoms with van der Waals surface area (Å²) in [6.45, 7) is 11.6. The lowest BCUT2D eigenvalue weighted by atomic mass is 9.77. The molecule has 7 nitrogen and oxygen atoms in total. The molecule has 2 aliphatic rings. The summed E-state index contributed by atoms with van der Waals surface area (Å²) in [5.74, 6) is 3.15. The molecule has 2 fully saturated rings. The molecule has 0 spiro atoms. The lowest BCUT2D eigenvalue weighted by Gasteiger charge is -2.44. The van der Waals surface area contributed by atoms with E-state index in [9.17, 15) is 9.59 Å². The van der Waals surface area contributed by atoms with E-state index in [1.54, 1.807) is 7.11 Å². The topological polar surface area (TPSA) is 67.7 Å². The fourth-order valence-electron chi connectivity index (χ4n) is 5.98. The van der Waals surface area contributed by atoms with Gasteiger partial charge in [0.05, 0.1) is 0 Å². The first kappa shape index (κ1) is 27.7. The molecule has 3 atom stereocenters. The Balaban J connectivity index is 1.68. The number of piperidine rings is 2. The molecule has 2 amide bonds. The minimum Gasteiger partial charge on any atom is -0.385 e. The number of imidazole rings is 1. The van der Waals surface area contributed by atoms with Crippen molar-refractivity contribution in [3.05, 3.63) is 18.2 Å². The maximum Gasteiger partial charge on any atom is 0.245 e. The Hall–Kier alpha value is -1.89. The Morgan fingerprint density at radius 2 is 1.83 bits per heavy atom. The maximum absolute atomic E-state index is 13.8. The van der Waals surface area contributed by atoms with Gasteiger partial charge in [0.2, 0.25) is 11.8 Å². The van der Waals surface area contributed by atoms with Gasteiger partial charge in [-0.1, -0.05) is 27.7 Å². The van der Waals surface area contributed by atoms with Crippen LogP contribution in [0.15, 0.2) is 12.4 Å². The summed E-state index contributed by atoms with van der Waals surface area (Å²) < 4.78 is 7.42. The van der Waals surface area contributed by atoms with Gasteiger partial charge in [0.25, 0.3) is 0 Å². The van der Waals surface area contributed by atoms with E-state index >= 15 is 0 Å². The van der Waals surface area contributed by atoms with E-state index in [4.69, 9.17) is 4.74 Å². The van der Waals surface area contributed by atoms with Crippen molar-refractivity contribution in [2.24, 2.45) is 36.6 Å². The number of hydrogen-bond donors (Lipinski definition) is 0. The van der Waals surface area contributed by atoms with E-state index in [-0.39, 0.29) is 23.8 Å². The number of aromatic nitrogens is 2. The van der Waals surface area contributed by atoms with Gasteiger partial charge in [-0.15, -0.1) is 0 Å². The van der Waals surface area contributed by atoms with Crippen molar-refractivity contribution in [2.45, 2.75) is 78.7 Å². The number of likely N-dealkylation sites (tertiary alicyclic amines) is 2. The number of carbonyl (C=O) groups is 2. The van der Waals surface area contributed by atoms with Crippen LogP contribution in [0, 0.1) is 29.6 Å².